The summed E-state index contributed by atoms with van der Waals surface area (Å²) in [5.41, 5.74) is 0.979. The maximum atomic E-state index is 5.93. The van der Waals surface area contributed by atoms with Gasteiger partial charge >= 0.3 is 133 Å². The van der Waals surface area contributed by atoms with E-state index in [1.807, 2.05) is 32.0 Å². The SMILES string of the molecule is CC1(C)OCC(C[Se]c2oc3ccccc3c2I)O1. The zero-order valence-electron chi connectivity index (χ0n) is 10.8. The Balaban J connectivity index is 1.71. The second-order valence-corrected chi connectivity index (χ2v) is 8.12. The Morgan fingerprint density at radius 1 is 1.37 bits per heavy atom. The van der Waals surface area contributed by atoms with Crippen molar-refractivity contribution in [3.63, 3.8) is 0 Å². The van der Waals surface area contributed by atoms with Crippen LogP contribution in [0.15, 0.2) is 28.7 Å². The van der Waals surface area contributed by atoms with Crippen molar-refractivity contribution in [1.29, 1.82) is 0 Å². The third-order valence-electron chi connectivity index (χ3n) is 2.97. The van der Waals surface area contributed by atoms with Crippen LogP contribution in [0.1, 0.15) is 13.8 Å². The summed E-state index contributed by atoms with van der Waals surface area (Å²) >= 11 is 2.66. The van der Waals surface area contributed by atoms with Crippen LogP contribution in [0.2, 0.25) is 5.32 Å². The molecule has 5 heteroatoms. The van der Waals surface area contributed by atoms with E-state index < -0.39 is 5.79 Å². The number of ether oxygens (including phenoxy) is 2. The van der Waals surface area contributed by atoms with Gasteiger partial charge in [0.1, 0.15) is 0 Å². The minimum absolute atomic E-state index is 0.194. The number of benzene rings is 1. The van der Waals surface area contributed by atoms with E-state index in [1.165, 1.54) is 8.96 Å². The molecule has 1 aliphatic heterocycles. The van der Waals surface area contributed by atoms with Gasteiger partial charge in [-0.1, -0.05) is 0 Å². The van der Waals surface area contributed by atoms with E-state index in [2.05, 4.69) is 28.7 Å². The normalized spacial score (nSPS) is 22.2. The van der Waals surface area contributed by atoms with E-state index in [0.29, 0.717) is 6.61 Å². The van der Waals surface area contributed by atoms with Crippen LogP contribution in [0.5, 0.6) is 0 Å². The number of hydrogen-bond donors (Lipinski definition) is 0. The molecule has 1 unspecified atom stereocenters. The van der Waals surface area contributed by atoms with Gasteiger partial charge in [0.2, 0.25) is 0 Å². The molecule has 3 nitrogen and oxygen atoms in total. The van der Waals surface area contributed by atoms with Crippen LogP contribution in [-0.2, 0) is 9.47 Å². The number of rotatable bonds is 3. The predicted molar refractivity (Wildman–Crippen MR) is 84.0 cm³/mol. The first kappa shape index (κ1) is 13.9. The number of para-hydroxylation sites is 1. The third-order valence-corrected chi connectivity index (χ3v) is 7.15. The molecule has 102 valence electrons. The van der Waals surface area contributed by atoms with Gasteiger partial charge in [0.05, 0.1) is 0 Å². The van der Waals surface area contributed by atoms with Crippen molar-refractivity contribution < 1.29 is 13.9 Å². The molecule has 2 heterocycles. The number of hydrogen-bond acceptors (Lipinski definition) is 3. The van der Waals surface area contributed by atoms with Crippen LogP contribution in [0.3, 0.4) is 0 Å². The van der Waals surface area contributed by atoms with E-state index in [9.17, 15) is 0 Å². The second kappa shape index (κ2) is 5.37. The van der Waals surface area contributed by atoms with Crippen molar-refractivity contribution in [2.75, 3.05) is 6.61 Å². The molecule has 1 fully saturated rings. The van der Waals surface area contributed by atoms with Crippen molar-refractivity contribution in [3.8, 4) is 0 Å². The van der Waals surface area contributed by atoms with Gasteiger partial charge in [-0.25, -0.2) is 0 Å². The van der Waals surface area contributed by atoms with E-state index in [4.69, 9.17) is 13.9 Å². The fourth-order valence-corrected chi connectivity index (χ4v) is 5.32. The van der Waals surface area contributed by atoms with Crippen molar-refractivity contribution in [2.45, 2.75) is 31.1 Å². The average Bonchev–Trinajstić information content (AvgIpc) is 2.88. The number of halogens is 1. The van der Waals surface area contributed by atoms with Crippen molar-refractivity contribution in [1.82, 2.24) is 0 Å². The van der Waals surface area contributed by atoms with E-state index >= 15 is 0 Å². The fraction of sp³-hybridized carbons (Fsp3) is 0.429. The van der Waals surface area contributed by atoms with Gasteiger partial charge in [-0.15, -0.1) is 0 Å². The molecule has 1 aromatic heterocycles. The first-order valence-electron chi connectivity index (χ1n) is 6.17. The molecule has 19 heavy (non-hydrogen) atoms. The minimum atomic E-state index is -0.429. The van der Waals surface area contributed by atoms with Crippen LogP contribution in [-0.4, -0.2) is 33.5 Å². The molecular formula is C14H15IO3Se. The summed E-state index contributed by atoms with van der Waals surface area (Å²) in [7, 11) is 0. The van der Waals surface area contributed by atoms with E-state index in [0.717, 1.165) is 15.6 Å². The van der Waals surface area contributed by atoms with Gasteiger partial charge in [-0.3, -0.25) is 0 Å². The topological polar surface area (TPSA) is 31.6 Å². The first-order chi connectivity index (χ1) is 9.05. The van der Waals surface area contributed by atoms with E-state index in [1.54, 1.807) is 0 Å². The van der Waals surface area contributed by atoms with Crippen LogP contribution in [0.25, 0.3) is 11.0 Å². The zero-order chi connectivity index (χ0) is 13.5. The molecule has 1 aromatic carbocycles. The van der Waals surface area contributed by atoms with Gasteiger partial charge in [0.25, 0.3) is 0 Å². The zero-order valence-corrected chi connectivity index (χ0v) is 14.7. The Morgan fingerprint density at radius 3 is 2.84 bits per heavy atom. The Kier molecular flexibility index (Phi) is 3.93. The molecule has 0 saturated carbocycles. The summed E-state index contributed by atoms with van der Waals surface area (Å²) in [6, 6.07) is 8.19. The molecule has 0 amide bonds. The van der Waals surface area contributed by atoms with Crippen molar-refractivity contribution >= 4 is 53.2 Å². The Morgan fingerprint density at radius 2 is 2.16 bits per heavy atom. The second-order valence-electron chi connectivity index (χ2n) is 4.96. The molecular weight excluding hydrogens is 422 g/mol. The molecule has 1 saturated heterocycles. The van der Waals surface area contributed by atoms with Crippen LogP contribution >= 0.6 is 22.6 Å². The Hall–Kier alpha value is -0.0705. The fourth-order valence-electron chi connectivity index (χ4n) is 2.10. The molecule has 0 aliphatic carbocycles. The summed E-state index contributed by atoms with van der Waals surface area (Å²) in [5.74, 6) is -0.429. The predicted octanol–water partition coefficient (Wildman–Crippen LogP) is 2.94. The van der Waals surface area contributed by atoms with Crippen LogP contribution in [0.4, 0.5) is 0 Å². The molecule has 1 atom stereocenters. The number of fused-ring (bicyclic) bond motifs is 1. The molecule has 2 aromatic rings. The molecule has 0 N–H and O–H groups in total. The summed E-state index contributed by atoms with van der Waals surface area (Å²) in [5, 5.41) is 2.20. The average molecular weight is 437 g/mol. The van der Waals surface area contributed by atoms with Gasteiger partial charge in [0, 0.05) is 0 Å². The number of furan rings is 1. The maximum absolute atomic E-state index is 5.93. The standard InChI is InChI=1S/C14H15IO3Se/c1-14(2)16-7-9(18-14)8-19-13-12(15)10-5-3-4-6-11(10)17-13/h3-6,9H,7-8H2,1-2H3. The molecule has 0 radical (unpaired) electrons. The quantitative estimate of drug-likeness (QED) is 0.547. The Bertz CT molecular complexity index is 593. The summed E-state index contributed by atoms with van der Waals surface area (Å²) < 4.78 is 19.7. The van der Waals surface area contributed by atoms with Crippen molar-refractivity contribution in [2.24, 2.45) is 0 Å². The first-order valence-corrected chi connectivity index (χ1v) is 9.31. The van der Waals surface area contributed by atoms with E-state index in [-0.39, 0.29) is 21.1 Å². The summed E-state index contributed by atoms with van der Waals surface area (Å²) in [6.07, 6.45) is 0.194. The Labute approximate surface area is 132 Å². The summed E-state index contributed by atoms with van der Waals surface area (Å²) in [6.45, 7) is 4.61. The van der Waals surface area contributed by atoms with Gasteiger partial charge < -0.3 is 0 Å². The van der Waals surface area contributed by atoms with Crippen LogP contribution in [0, 0.1) is 3.57 Å². The third kappa shape index (κ3) is 3.00. The van der Waals surface area contributed by atoms with Gasteiger partial charge in [-0.05, 0) is 0 Å². The van der Waals surface area contributed by atoms with Gasteiger partial charge in [0.15, 0.2) is 0 Å². The molecule has 0 bridgehead atoms. The summed E-state index contributed by atoms with van der Waals surface area (Å²) in [4.78, 5) is 0. The van der Waals surface area contributed by atoms with Gasteiger partial charge in [-0.2, -0.15) is 0 Å². The molecule has 1 aliphatic rings. The molecule has 3 rings (SSSR count). The monoisotopic (exact) mass is 438 g/mol. The van der Waals surface area contributed by atoms with Crippen molar-refractivity contribution in [3.05, 3.63) is 27.8 Å². The molecule has 0 spiro atoms. The van der Waals surface area contributed by atoms with Crippen LogP contribution < -0.4 is 4.66 Å².